The number of carbonyl (C=O) groups is 1. The number of nitrogens with zero attached hydrogens (tertiary/aromatic N) is 4. The van der Waals surface area contributed by atoms with Gasteiger partial charge in [0.1, 0.15) is 12.5 Å². The fourth-order valence-corrected chi connectivity index (χ4v) is 3.31. The summed E-state index contributed by atoms with van der Waals surface area (Å²) in [5, 5.41) is 9.20. The van der Waals surface area contributed by atoms with Crippen LogP contribution >= 0.6 is 7.82 Å². The summed E-state index contributed by atoms with van der Waals surface area (Å²) in [7, 11) is -3.51. The molecule has 15 heteroatoms. The van der Waals surface area contributed by atoms with Gasteiger partial charge in [-0.3, -0.25) is 14.5 Å². The van der Waals surface area contributed by atoms with Crippen molar-refractivity contribution in [2.75, 3.05) is 31.9 Å². The Labute approximate surface area is 198 Å². The van der Waals surface area contributed by atoms with Gasteiger partial charge in [-0.15, -0.1) is 0 Å². The lowest BCUT2D eigenvalue weighted by atomic mass is 10.00. The first-order chi connectivity index (χ1) is 16.5. The standard InChI is InChI=1S/C20H22FN6O7P/c1-4-27(9-33-35(29,30)31)25-7-10(2)13-8-24-17(16-18(13)34-26-19(16)23)11-5-12(20(28)32-3)15(22)6-14(11)21/h5-8H,2,4,9,22H2,1,3H3,(H2,23,26)(H2,29,30,31)/b25-7-. The predicted molar refractivity (Wildman–Crippen MR) is 125 cm³/mol. The van der Waals surface area contributed by atoms with E-state index in [4.69, 9.17) is 25.8 Å². The van der Waals surface area contributed by atoms with Crippen LogP contribution in [-0.2, 0) is 13.8 Å². The van der Waals surface area contributed by atoms with Crippen LogP contribution in [0.3, 0.4) is 0 Å². The Hall–Kier alpha value is -3.84. The zero-order valence-electron chi connectivity index (χ0n) is 18.6. The van der Waals surface area contributed by atoms with E-state index >= 15 is 0 Å². The van der Waals surface area contributed by atoms with E-state index in [1.54, 1.807) is 6.92 Å². The number of allylic oxidation sites excluding steroid dienone is 1. The maximum absolute atomic E-state index is 14.8. The van der Waals surface area contributed by atoms with Crippen LogP contribution < -0.4 is 11.5 Å². The molecule has 13 nitrogen and oxygen atoms in total. The summed E-state index contributed by atoms with van der Waals surface area (Å²) in [6, 6.07) is 2.16. The molecule has 0 fully saturated rings. The Balaban J connectivity index is 2.03. The van der Waals surface area contributed by atoms with Crippen molar-refractivity contribution in [2.45, 2.75) is 6.92 Å². The topological polar surface area (TPSA) is 200 Å². The lowest BCUT2D eigenvalue weighted by Crippen LogP contribution is -2.20. The molecule has 186 valence electrons. The Kier molecular flexibility index (Phi) is 7.51. The van der Waals surface area contributed by atoms with Crippen molar-refractivity contribution in [3.63, 3.8) is 0 Å². The van der Waals surface area contributed by atoms with Crippen molar-refractivity contribution >= 4 is 48.1 Å². The number of aromatic nitrogens is 2. The summed E-state index contributed by atoms with van der Waals surface area (Å²) in [5.41, 5.74) is 12.2. The summed E-state index contributed by atoms with van der Waals surface area (Å²) in [6.07, 6.45) is 2.62. The van der Waals surface area contributed by atoms with Crippen molar-refractivity contribution in [3.8, 4) is 11.3 Å². The molecule has 0 radical (unpaired) electrons. The fourth-order valence-electron chi connectivity index (χ4n) is 3.03. The number of anilines is 2. The number of phosphoric ester groups is 1. The third-order valence-electron chi connectivity index (χ3n) is 4.79. The van der Waals surface area contributed by atoms with Gasteiger partial charge in [-0.2, -0.15) is 5.10 Å². The second-order valence-electron chi connectivity index (χ2n) is 7.04. The first-order valence-corrected chi connectivity index (χ1v) is 11.4. The Bertz CT molecular complexity index is 1370. The number of ether oxygens (including phenoxy) is 1. The van der Waals surface area contributed by atoms with E-state index in [0.717, 1.165) is 6.07 Å². The van der Waals surface area contributed by atoms with Gasteiger partial charge in [0.2, 0.25) is 0 Å². The summed E-state index contributed by atoms with van der Waals surface area (Å²) < 4.78 is 40.2. The maximum Gasteiger partial charge on any atom is 0.471 e. The van der Waals surface area contributed by atoms with Crippen molar-refractivity contribution in [1.29, 1.82) is 0 Å². The molecule has 0 unspecified atom stereocenters. The molecule has 2 heterocycles. The number of hydrogen-bond donors (Lipinski definition) is 4. The number of halogens is 1. The molecular weight excluding hydrogens is 486 g/mol. The van der Waals surface area contributed by atoms with Gasteiger partial charge in [0.05, 0.1) is 30.0 Å². The molecule has 3 rings (SSSR count). The highest BCUT2D eigenvalue weighted by Crippen LogP contribution is 2.37. The summed E-state index contributed by atoms with van der Waals surface area (Å²) in [4.78, 5) is 34.0. The number of rotatable bonds is 9. The van der Waals surface area contributed by atoms with E-state index < -0.39 is 26.3 Å². The van der Waals surface area contributed by atoms with Gasteiger partial charge in [0, 0.05) is 29.6 Å². The van der Waals surface area contributed by atoms with E-state index in [-0.39, 0.29) is 51.4 Å². The van der Waals surface area contributed by atoms with Crippen LogP contribution in [0.2, 0.25) is 0 Å². The van der Waals surface area contributed by atoms with Crippen LogP contribution in [0.5, 0.6) is 0 Å². The molecule has 0 saturated heterocycles. The monoisotopic (exact) mass is 508 g/mol. The van der Waals surface area contributed by atoms with Gasteiger partial charge in [0.15, 0.2) is 11.4 Å². The van der Waals surface area contributed by atoms with E-state index in [0.29, 0.717) is 5.56 Å². The number of fused-ring (bicyclic) bond motifs is 1. The molecule has 0 saturated carbocycles. The average Bonchev–Trinajstić information content (AvgIpc) is 3.19. The van der Waals surface area contributed by atoms with Crippen molar-refractivity contribution in [2.24, 2.45) is 5.10 Å². The molecule has 0 aliphatic heterocycles. The van der Waals surface area contributed by atoms with Gasteiger partial charge < -0.3 is 30.5 Å². The molecule has 6 N–H and O–H groups in total. The van der Waals surface area contributed by atoms with Gasteiger partial charge >= 0.3 is 13.8 Å². The van der Waals surface area contributed by atoms with Gasteiger partial charge in [0.25, 0.3) is 0 Å². The lowest BCUT2D eigenvalue weighted by molar-refractivity contribution is 0.0601. The maximum atomic E-state index is 14.8. The van der Waals surface area contributed by atoms with Crippen molar-refractivity contribution < 1.29 is 37.3 Å². The van der Waals surface area contributed by atoms with Crippen LogP contribution in [0, 0.1) is 5.82 Å². The zero-order chi connectivity index (χ0) is 25.9. The molecule has 0 aliphatic rings. The number of esters is 1. The van der Waals surface area contributed by atoms with E-state index in [1.165, 1.54) is 30.6 Å². The summed E-state index contributed by atoms with van der Waals surface area (Å²) in [5.74, 6) is -1.61. The first kappa shape index (κ1) is 25.8. The molecule has 3 aromatic rings. The molecule has 0 spiro atoms. The number of carbonyl (C=O) groups excluding carboxylic acids is 1. The zero-order valence-corrected chi connectivity index (χ0v) is 19.5. The smallest absolute Gasteiger partial charge is 0.465 e. The quantitative estimate of drug-likeness (QED) is 0.0822. The van der Waals surface area contributed by atoms with Crippen molar-refractivity contribution in [3.05, 3.63) is 41.9 Å². The molecule has 2 aromatic heterocycles. The lowest BCUT2D eigenvalue weighted by Gasteiger charge is -2.17. The van der Waals surface area contributed by atoms with Gasteiger partial charge in [-0.05, 0) is 24.6 Å². The fraction of sp³-hybridized carbons (Fsp3) is 0.200. The van der Waals surface area contributed by atoms with E-state index in [2.05, 4.69) is 31.1 Å². The average molecular weight is 508 g/mol. The van der Waals surface area contributed by atoms with Crippen LogP contribution in [0.4, 0.5) is 15.9 Å². The molecular formula is C20H22FN6O7P. The Morgan fingerprint density at radius 2 is 2.09 bits per heavy atom. The molecule has 0 atom stereocenters. The van der Waals surface area contributed by atoms with Crippen molar-refractivity contribution in [1.82, 2.24) is 15.1 Å². The SMILES string of the molecule is C=C(/C=N\N(CC)COP(=O)(O)O)c1cnc(-c2cc(C(=O)OC)c(N)cc2F)c2c(N)noc12. The third-order valence-corrected chi connectivity index (χ3v) is 5.24. The number of phosphoric acid groups is 1. The minimum atomic E-state index is -4.67. The second-order valence-corrected chi connectivity index (χ2v) is 8.28. The molecule has 0 bridgehead atoms. The number of nitrogen functional groups attached to an aromatic ring is 2. The minimum absolute atomic E-state index is 0.0418. The molecule has 0 amide bonds. The van der Waals surface area contributed by atoms with E-state index in [1.807, 2.05) is 0 Å². The predicted octanol–water partition coefficient (Wildman–Crippen LogP) is 2.37. The molecule has 1 aromatic carbocycles. The van der Waals surface area contributed by atoms with Crippen LogP contribution in [0.1, 0.15) is 22.8 Å². The number of hydrazone groups is 1. The first-order valence-electron chi connectivity index (χ1n) is 9.86. The van der Waals surface area contributed by atoms with E-state index in [9.17, 15) is 13.8 Å². The second kappa shape index (κ2) is 10.2. The number of benzene rings is 1. The van der Waals surface area contributed by atoms with Crippen LogP contribution in [0.15, 0.2) is 34.5 Å². The number of methoxy groups -OCH3 is 1. The number of nitrogens with two attached hydrogens (primary N) is 2. The van der Waals surface area contributed by atoms with Gasteiger partial charge in [-0.25, -0.2) is 13.8 Å². The largest absolute Gasteiger partial charge is 0.471 e. The number of pyridine rings is 1. The molecule has 35 heavy (non-hydrogen) atoms. The van der Waals surface area contributed by atoms with Crippen LogP contribution in [0.25, 0.3) is 27.8 Å². The van der Waals surface area contributed by atoms with Gasteiger partial charge in [-0.1, -0.05) is 11.7 Å². The third kappa shape index (κ3) is 5.63. The Morgan fingerprint density at radius 3 is 2.71 bits per heavy atom. The number of hydrogen-bond acceptors (Lipinski definition) is 11. The summed E-state index contributed by atoms with van der Waals surface area (Å²) in [6.45, 7) is 5.38. The minimum Gasteiger partial charge on any atom is -0.465 e. The summed E-state index contributed by atoms with van der Waals surface area (Å²) >= 11 is 0. The highest BCUT2D eigenvalue weighted by molar-refractivity contribution is 7.46. The highest BCUT2D eigenvalue weighted by atomic mass is 31.2. The Morgan fingerprint density at radius 1 is 1.37 bits per heavy atom. The highest BCUT2D eigenvalue weighted by Gasteiger charge is 2.23. The normalized spacial score (nSPS) is 11.8. The van der Waals surface area contributed by atoms with Crippen LogP contribution in [-0.4, -0.2) is 57.5 Å². The molecule has 0 aliphatic carbocycles.